The summed E-state index contributed by atoms with van der Waals surface area (Å²) in [5.74, 6) is -0.506. The van der Waals surface area contributed by atoms with Gasteiger partial charge in [-0.25, -0.2) is 0 Å². The number of para-hydroxylation sites is 1. The largest absolute Gasteiger partial charge is 0.337 e. The zero-order chi connectivity index (χ0) is 12.4. The Bertz CT molecular complexity index is 548. The summed E-state index contributed by atoms with van der Waals surface area (Å²) in [6, 6.07) is 9.71. The van der Waals surface area contributed by atoms with Crippen LogP contribution in [0.25, 0.3) is 0 Å². The van der Waals surface area contributed by atoms with Gasteiger partial charge in [0, 0.05) is 11.9 Å². The van der Waals surface area contributed by atoms with E-state index in [1.807, 2.05) is 42.3 Å². The van der Waals surface area contributed by atoms with Crippen molar-refractivity contribution in [1.29, 1.82) is 5.26 Å². The van der Waals surface area contributed by atoms with Gasteiger partial charge in [-0.2, -0.15) is 5.26 Å². The molecule has 1 aromatic carbocycles. The van der Waals surface area contributed by atoms with Crippen LogP contribution in [0.2, 0.25) is 0 Å². The van der Waals surface area contributed by atoms with E-state index in [0.29, 0.717) is 5.03 Å². The van der Waals surface area contributed by atoms with Gasteiger partial charge in [0.15, 0.2) is 5.78 Å². The van der Waals surface area contributed by atoms with Crippen molar-refractivity contribution in [2.75, 3.05) is 17.8 Å². The predicted molar refractivity (Wildman–Crippen MR) is 69.1 cm³/mol. The summed E-state index contributed by atoms with van der Waals surface area (Å²) in [5, 5.41) is 9.71. The zero-order valence-electron chi connectivity index (χ0n) is 9.11. The highest BCUT2D eigenvalue weighted by atomic mass is 35.5. The normalized spacial score (nSPS) is 16.4. The Balaban J connectivity index is 2.49. The number of alkyl halides is 1. The van der Waals surface area contributed by atoms with Crippen LogP contribution >= 0.6 is 23.4 Å². The van der Waals surface area contributed by atoms with Crippen LogP contribution in [-0.2, 0) is 4.79 Å². The molecule has 0 atom stereocenters. The Morgan fingerprint density at radius 1 is 1.53 bits per heavy atom. The second kappa shape index (κ2) is 4.82. The fourth-order valence-corrected chi connectivity index (χ4v) is 2.91. The molecule has 3 nitrogen and oxygen atoms in total. The quantitative estimate of drug-likeness (QED) is 0.468. The molecule has 0 saturated heterocycles. The average molecular weight is 265 g/mol. The molecule has 0 N–H and O–H groups in total. The second-order valence-electron chi connectivity index (χ2n) is 3.48. The van der Waals surface area contributed by atoms with Crippen molar-refractivity contribution in [2.45, 2.75) is 4.90 Å². The van der Waals surface area contributed by atoms with Gasteiger partial charge < -0.3 is 4.90 Å². The van der Waals surface area contributed by atoms with Gasteiger partial charge in [-0.1, -0.05) is 23.9 Å². The van der Waals surface area contributed by atoms with Crippen molar-refractivity contribution in [3.05, 3.63) is 34.9 Å². The van der Waals surface area contributed by atoms with Crippen LogP contribution in [0.1, 0.15) is 0 Å². The van der Waals surface area contributed by atoms with Gasteiger partial charge in [0.1, 0.15) is 16.7 Å². The summed E-state index contributed by atoms with van der Waals surface area (Å²) in [7, 11) is 1.84. The molecule has 0 fully saturated rings. The van der Waals surface area contributed by atoms with Crippen LogP contribution in [-0.4, -0.2) is 18.7 Å². The van der Waals surface area contributed by atoms with Gasteiger partial charge in [-0.05, 0) is 12.1 Å². The number of allylic oxidation sites excluding steroid dienone is 1. The van der Waals surface area contributed by atoms with Gasteiger partial charge in [0.2, 0.25) is 0 Å². The SMILES string of the molecule is CN1/C(=C(/C#N)C(=O)CCl)Sc2ccccc21. The number of benzene rings is 1. The Hall–Kier alpha value is -1.44. The Kier molecular flexibility index (Phi) is 3.41. The summed E-state index contributed by atoms with van der Waals surface area (Å²) in [4.78, 5) is 14.5. The van der Waals surface area contributed by atoms with E-state index >= 15 is 0 Å². The van der Waals surface area contributed by atoms with E-state index in [9.17, 15) is 4.79 Å². The van der Waals surface area contributed by atoms with Gasteiger partial charge in [0.25, 0.3) is 0 Å². The first-order valence-corrected chi connectivity index (χ1v) is 6.28. The lowest BCUT2D eigenvalue weighted by atomic mass is 10.2. The third-order valence-corrected chi connectivity index (χ3v) is 3.94. The molecule has 1 aromatic rings. The topological polar surface area (TPSA) is 44.1 Å². The fourth-order valence-electron chi connectivity index (χ4n) is 1.62. The number of hydrogen-bond donors (Lipinski definition) is 0. The maximum atomic E-state index is 11.6. The number of carbonyl (C=O) groups is 1. The summed E-state index contributed by atoms with van der Waals surface area (Å²) >= 11 is 6.92. The molecule has 0 bridgehead atoms. The van der Waals surface area contributed by atoms with Crippen LogP contribution < -0.4 is 4.90 Å². The van der Waals surface area contributed by atoms with E-state index in [-0.39, 0.29) is 17.2 Å². The van der Waals surface area contributed by atoms with Crippen LogP contribution in [0.5, 0.6) is 0 Å². The number of halogens is 1. The first kappa shape index (κ1) is 12.0. The van der Waals surface area contributed by atoms with Crippen LogP contribution in [0, 0.1) is 11.3 Å². The molecule has 5 heteroatoms. The fraction of sp³-hybridized carbons (Fsp3) is 0.167. The number of rotatable bonds is 2. The van der Waals surface area contributed by atoms with Crippen molar-refractivity contribution >= 4 is 34.8 Å². The minimum absolute atomic E-state index is 0.128. The molecule has 0 aliphatic carbocycles. The molecule has 1 heterocycles. The van der Waals surface area contributed by atoms with Gasteiger partial charge in [-0.15, -0.1) is 11.6 Å². The smallest absolute Gasteiger partial charge is 0.190 e. The lowest BCUT2D eigenvalue weighted by molar-refractivity contribution is -0.113. The number of fused-ring (bicyclic) bond motifs is 1. The number of nitriles is 1. The number of hydrogen-bond acceptors (Lipinski definition) is 4. The number of ketones is 1. The standard InChI is InChI=1S/C12H9ClN2OS/c1-15-9-4-2-3-5-11(9)17-12(15)8(7-14)10(16)6-13/h2-5H,6H2,1H3/b12-8+. The van der Waals surface area contributed by atoms with Crippen molar-refractivity contribution in [2.24, 2.45) is 0 Å². The lowest BCUT2D eigenvalue weighted by Gasteiger charge is -2.14. The highest BCUT2D eigenvalue weighted by molar-refractivity contribution is 8.03. The zero-order valence-corrected chi connectivity index (χ0v) is 10.7. The predicted octanol–water partition coefficient (Wildman–Crippen LogP) is 2.77. The number of thioether (sulfide) groups is 1. The molecular weight excluding hydrogens is 256 g/mol. The van der Waals surface area contributed by atoms with E-state index in [1.54, 1.807) is 0 Å². The molecule has 2 rings (SSSR count). The Labute approximate surface area is 109 Å². The maximum absolute atomic E-state index is 11.6. The van der Waals surface area contributed by atoms with E-state index in [2.05, 4.69) is 0 Å². The summed E-state index contributed by atoms with van der Waals surface area (Å²) < 4.78 is 0. The van der Waals surface area contributed by atoms with Gasteiger partial charge >= 0.3 is 0 Å². The first-order valence-electron chi connectivity index (χ1n) is 4.93. The summed E-state index contributed by atoms with van der Waals surface area (Å²) in [6.45, 7) is 0. The lowest BCUT2D eigenvalue weighted by Crippen LogP contribution is -2.15. The maximum Gasteiger partial charge on any atom is 0.190 e. The van der Waals surface area contributed by atoms with E-state index in [0.717, 1.165) is 10.6 Å². The third kappa shape index (κ3) is 2.04. The molecule has 0 aromatic heterocycles. The molecule has 0 radical (unpaired) electrons. The minimum Gasteiger partial charge on any atom is -0.337 e. The number of anilines is 1. The highest BCUT2D eigenvalue weighted by Gasteiger charge is 2.27. The summed E-state index contributed by atoms with van der Waals surface area (Å²) in [5.41, 5.74) is 1.13. The molecule has 0 spiro atoms. The molecular formula is C12H9ClN2OS. The number of carbonyl (C=O) groups excluding carboxylic acids is 1. The molecule has 0 unspecified atom stereocenters. The number of Topliss-reactive ketones (excluding diaryl/α,β-unsaturated/α-hetero) is 1. The molecule has 0 saturated carbocycles. The molecule has 17 heavy (non-hydrogen) atoms. The molecule has 86 valence electrons. The van der Waals surface area contributed by atoms with Crippen molar-refractivity contribution in [1.82, 2.24) is 0 Å². The van der Waals surface area contributed by atoms with Crippen LogP contribution in [0.3, 0.4) is 0 Å². The molecule has 1 aliphatic heterocycles. The van der Waals surface area contributed by atoms with Crippen molar-refractivity contribution in [3.63, 3.8) is 0 Å². The number of nitrogens with zero attached hydrogens (tertiary/aromatic N) is 2. The van der Waals surface area contributed by atoms with Crippen molar-refractivity contribution < 1.29 is 4.79 Å². The van der Waals surface area contributed by atoms with Crippen LogP contribution in [0.15, 0.2) is 39.8 Å². The second-order valence-corrected chi connectivity index (χ2v) is 4.78. The first-order chi connectivity index (χ1) is 8.19. The third-order valence-electron chi connectivity index (χ3n) is 2.46. The van der Waals surface area contributed by atoms with E-state index < -0.39 is 0 Å². The Morgan fingerprint density at radius 2 is 2.24 bits per heavy atom. The monoisotopic (exact) mass is 264 g/mol. The van der Waals surface area contributed by atoms with Crippen molar-refractivity contribution in [3.8, 4) is 6.07 Å². The average Bonchev–Trinajstić information content (AvgIpc) is 2.68. The van der Waals surface area contributed by atoms with Crippen LogP contribution in [0.4, 0.5) is 5.69 Å². The van der Waals surface area contributed by atoms with Gasteiger partial charge in [-0.3, -0.25) is 4.79 Å². The Morgan fingerprint density at radius 3 is 2.82 bits per heavy atom. The molecule has 1 aliphatic rings. The van der Waals surface area contributed by atoms with E-state index in [4.69, 9.17) is 16.9 Å². The highest BCUT2D eigenvalue weighted by Crippen LogP contribution is 2.45. The summed E-state index contributed by atoms with van der Waals surface area (Å²) in [6.07, 6.45) is 0. The minimum atomic E-state index is -0.337. The van der Waals surface area contributed by atoms with Gasteiger partial charge in [0.05, 0.1) is 11.6 Å². The van der Waals surface area contributed by atoms with E-state index in [1.165, 1.54) is 11.8 Å². The molecule has 0 amide bonds.